The second-order valence-corrected chi connectivity index (χ2v) is 5.72. The summed E-state index contributed by atoms with van der Waals surface area (Å²) >= 11 is 5.10. The van der Waals surface area contributed by atoms with Gasteiger partial charge in [0.05, 0.1) is 17.2 Å². The molecule has 0 bridgehead atoms. The highest BCUT2D eigenvalue weighted by Gasteiger charge is 2.32. The molecule has 1 aliphatic rings. The lowest BCUT2D eigenvalue weighted by Gasteiger charge is -2.37. The van der Waals surface area contributed by atoms with Crippen LogP contribution in [0.25, 0.3) is 0 Å². The second-order valence-electron chi connectivity index (χ2n) is 5.25. The standard InChI is InChI=1S/C15H20N2O2S/c1-10-8-17(9-11(2)19-10)15(18)13(14(16)20)12-6-4-3-5-7-12/h3-7,10-11,13H,8-9H2,1-2H3,(H2,16,20). The third-order valence-corrected chi connectivity index (χ3v) is 3.63. The van der Waals surface area contributed by atoms with Gasteiger partial charge in [-0.3, -0.25) is 4.79 Å². The maximum absolute atomic E-state index is 12.7. The van der Waals surface area contributed by atoms with E-state index < -0.39 is 5.92 Å². The van der Waals surface area contributed by atoms with Crippen molar-refractivity contribution in [3.05, 3.63) is 35.9 Å². The highest BCUT2D eigenvalue weighted by molar-refractivity contribution is 7.80. The first-order valence-electron chi connectivity index (χ1n) is 6.77. The van der Waals surface area contributed by atoms with Gasteiger partial charge in [-0.2, -0.15) is 0 Å². The Morgan fingerprint density at radius 2 is 1.85 bits per heavy atom. The molecule has 2 rings (SSSR count). The topological polar surface area (TPSA) is 55.6 Å². The maximum atomic E-state index is 12.7. The van der Waals surface area contributed by atoms with Crippen molar-refractivity contribution in [2.24, 2.45) is 5.73 Å². The van der Waals surface area contributed by atoms with Crippen LogP contribution in [-0.2, 0) is 9.53 Å². The molecule has 108 valence electrons. The summed E-state index contributed by atoms with van der Waals surface area (Å²) in [6.07, 6.45) is 0.0657. The van der Waals surface area contributed by atoms with Crippen LogP contribution in [-0.4, -0.2) is 41.1 Å². The SMILES string of the molecule is CC1CN(C(=O)C(C(N)=S)c2ccccc2)CC(C)O1. The Morgan fingerprint density at radius 1 is 1.30 bits per heavy atom. The molecule has 0 aliphatic carbocycles. The van der Waals surface area contributed by atoms with E-state index in [1.807, 2.05) is 44.2 Å². The van der Waals surface area contributed by atoms with Crippen molar-refractivity contribution in [3.8, 4) is 0 Å². The van der Waals surface area contributed by atoms with Crippen LogP contribution >= 0.6 is 12.2 Å². The monoisotopic (exact) mass is 292 g/mol. The van der Waals surface area contributed by atoms with Gasteiger partial charge in [0.2, 0.25) is 5.91 Å². The summed E-state index contributed by atoms with van der Waals surface area (Å²) in [7, 11) is 0. The van der Waals surface area contributed by atoms with Gasteiger partial charge in [-0.1, -0.05) is 42.5 Å². The number of nitrogens with two attached hydrogens (primary N) is 1. The molecule has 5 heteroatoms. The van der Waals surface area contributed by atoms with Gasteiger partial charge in [-0.15, -0.1) is 0 Å². The normalized spacial score (nSPS) is 24.2. The Balaban J connectivity index is 2.22. The van der Waals surface area contributed by atoms with E-state index in [1.165, 1.54) is 0 Å². The van der Waals surface area contributed by atoms with E-state index in [0.29, 0.717) is 13.1 Å². The van der Waals surface area contributed by atoms with Crippen LogP contribution in [0.15, 0.2) is 30.3 Å². The molecule has 0 radical (unpaired) electrons. The van der Waals surface area contributed by atoms with Crippen molar-refractivity contribution in [2.45, 2.75) is 32.0 Å². The first-order chi connectivity index (χ1) is 9.49. The summed E-state index contributed by atoms with van der Waals surface area (Å²) in [4.78, 5) is 14.8. The molecule has 1 heterocycles. The fourth-order valence-corrected chi connectivity index (χ4v) is 2.85. The second kappa shape index (κ2) is 6.33. The summed E-state index contributed by atoms with van der Waals surface area (Å²) in [6, 6.07) is 9.45. The lowest BCUT2D eigenvalue weighted by Crippen LogP contribution is -2.51. The van der Waals surface area contributed by atoms with Crippen LogP contribution in [0.3, 0.4) is 0 Å². The molecule has 0 spiro atoms. The molecule has 1 aromatic rings. The largest absolute Gasteiger partial charge is 0.392 e. The fourth-order valence-electron chi connectivity index (χ4n) is 2.61. The number of hydrogen-bond acceptors (Lipinski definition) is 3. The van der Waals surface area contributed by atoms with Crippen molar-refractivity contribution >= 4 is 23.1 Å². The van der Waals surface area contributed by atoms with E-state index >= 15 is 0 Å². The van der Waals surface area contributed by atoms with Crippen molar-refractivity contribution in [1.29, 1.82) is 0 Å². The average Bonchev–Trinajstić information content (AvgIpc) is 2.38. The Morgan fingerprint density at radius 3 is 2.35 bits per heavy atom. The number of benzene rings is 1. The first kappa shape index (κ1) is 14.9. The summed E-state index contributed by atoms with van der Waals surface area (Å²) in [6.45, 7) is 5.09. The zero-order valence-electron chi connectivity index (χ0n) is 11.8. The predicted molar refractivity (Wildman–Crippen MR) is 82.6 cm³/mol. The molecule has 1 fully saturated rings. The van der Waals surface area contributed by atoms with Crippen molar-refractivity contribution < 1.29 is 9.53 Å². The van der Waals surface area contributed by atoms with E-state index in [4.69, 9.17) is 22.7 Å². The van der Waals surface area contributed by atoms with Gasteiger partial charge in [0, 0.05) is 13.1 Å². The minimum absolute atomic E-state index is 0.0328. The number of amides is 1. The molecule has 1 amide bonds. The molecule has 20 heavy (non-hydrogen) atoms. The Hall–Kier alpha value is -1.46. The quantitative estimate of drug-likeness (QED) is 0.862. The van der Waals surface area contributed by atoms with E-state index in [-0.39, 0.29) is 23.1 Å². The number of morpholine rings is 1. The summed E-state index contributed by atoms with van der Waals surface area (Å²) in [5, 5.41) is 0. The van der Waals surface area contributed by atoms with Crippen molar-refractivity contribution in [1.82, 2.24) is 4.90 Å². The molecule has 2 N–H and O–H groups in total. The smallest absolute Gasteiger partial charge is 0.237 e. The molecule has 4 nitrogen and oxygen atoms in total. The molecular formula is C15H20N2O2S. The molecule has 3 atom stereocenters. The lowest BCUT2D eigenvalue weighted by atomic mass is 9.97. The molecule has 0 aromatic heterocycles. The third-order valence-electron chi connectivity index (χ3n) is 3.40. The molecular weight excluding hydrogens is 272 g/mol. The molecule has 0 saturated carbocycles. The highest BCUT2D eigenvalue weighted by Crippen LogP contribution is 2.21. The van der Waals surface area contributed by atoms with E-state index in [0.717, 1.165) is 5.56 Å². The van der Waals surface area contributed by atoms with Gasteiger partial charge < -0.3 is 15.4 Å². The zero-order chi connectivity index (χ0) is 14.7. The fraction of sp³-hybridized carbons (Fsp3) is 0.467. The first-order valence-corrected chi connectivity index (χ1v) is 7.18. The molecule has 3 unspecified atom stereocenters. The van der Waals surface area contributed by atoms with Crippen molar-refractivity contribution in [3.63, 3.8) is 0 Å². The van der Waals surface area contributed by atoms with Crippen LogP contribution in [0.4, 0.5) is 0 Å². The predicted octanol–water partition coefficient (Wildman–Crippen LogP) is 1.69. The van der Waals surface area contributed by atoms with Crippen LogP contribution in [0.5, 0.6) is 0 Å². The molecule has 1 aliphatic heterocycles. The Bertz CT molecular complexity index is 482. The van der Waals surface area contributed by atoms with Crippen LogP contribution in [0.2, 0.25) is 0 Å². The van der Waals surface area contributed by atoms with Crippen molar-refractivity contribution in [2.75, 3.05) is 13.1 Å². The summed E-state index contributed by atoms with van der Waals surface area (Å²) in [5.41, 5.74) is 6.64. The van der Waals surface area contributed by atoms with Gasteiger partial charge in [0.1, 0.15) is 5.92 Å². The van der Waals surface area contributed by atoms with Gasteiger partial charge in [0.15, 0.2) is 0 Å². The Kier molecular flexibility index (Phi) is 4.73. The minimum atomic E-state index is -0.552. The minimum Gasteiger partial charge on any atom is -0.392 e. The molecule has 1 aromatic carbocycles. The number of rotatable bonds is 3. The number of hydrogen-bond donors (Lipinski definition) is 1. The average molecular weight is 292 g/mol. The number of thiocarbonyl (C=S) groups is 1. The van der Waals surface area contributed by atoms with Gasteiger partial charge in [-0.25, -0.2) is 0 Å². The number of carbonyl (C=O) groups excluding carboxylic acids is 1. The molecule has 1 saturated heterocycles. The Labute approximate surface area is 124 Å². The maximum Gasteiger partial charge on any atom is 0.237 e. The summed E-state index contributed by atoms with van der Waals surface area (Å²) < 4.78 is 5.65. The number of nitrogens with zero attached hydrogens (tertiary/aromatic N) is 1. The number of ether oxygens (including phenoxy) is 1. The van der Waals surface area contributed by atoms with Crippen LogP contribution in [0, 0.1) is 0 Å². The van der Waals surface area contributed by atoms with E-state index in [9.17, 15) is 4.79 Å². The van der Waals surface area contributed by atoms with E-state index in [1.54, 1.807) is 4.90 Å². The zero-order valence-corrected chi connectivity index (χ0v) is 12.6. The highest BCUT2D eigenvalue weighted by atomic mass is 32.1. The lowest BCUT2D eigenvalue weighted by molar-refractivity contribution is -0.143. The third kappa shape index (κ3) is 3.35. The van der Waals surface area contributed by atoms with Gasteiger partial charge >= 0.3 is 0 Å². The van der Waals surface area contributed by atoms with Gasteiger partial charge in [-0.05, 0) is 19.4 Å². The number of carbonyl (C=O) groups is 1. The summed E-state index contributed by atoms with van der Waals surface area (Å²) in [5.74, 6) is -0.589. The van der Waals surface area contributed by atoms with Crippen LogP contribution < -0.4 is 5.73 Å². The van der Waals surface area contributed by atoms with Gasteiger partial charge in [0.25, 0.3) is 0 Å². The van der Waals surface area contributed by atoms with Crippen LogP contribution in [0.1, 0.15) is 25.3 Å². The van der Waals surface area contributed by atoms with E-state index in [2.05, 4.69) is 0 Å².